The molecule has 1 aromatic rings. The molecular weight excluding hydrogens is 220 g/mol. The van der Waals surface area contributed by atoms with Crippen molar-refractivity contribution in [3.8, 4) is 0 Å². The molecular formula is C12H18N2O3. The van der Waals surface area contributed by atoms with E-state index in [-0.39, 0.29) is 5.56 Å². The van der Waals surface area contributed by atoms with E-state index in [1.165, 1.54) is 6.20 Å². The molecule has 17 heavy (non-hydrogen) atoms. The van der Waals surface area contributed by atoms with Crippen molar-refractivity contribution in [1.82, 2.24) is 9.97 Å². The molecule has 0 saturated heterocycles. The fraction of sp³-hybridized carbons (Fsp3) is 0.583. The molecule has 5 nitrogen and oxygen atoms in total. The van der Waals surface area contributed by atoms with Crippen molar-refractivity contribution in [1.29, 1.82) is 0 Å². The van der Waals surface area contributed by atoms with Gasteiger partial charge in [-0.2, -0.15) is 0 Å². The molecule has 0 aliphatic carbocycles. The van der Waals surface area contributed by atoms with E-state index in [0.717, 1.165) is 6.42 Å². The molecule has 0 saturated carbocycles. The fourth-order valence-corrected chi connectivity index (χ4v) is 1.40. The van der Waals surface area contributed by atoms with E-state index < -0.39 is 11.6 Å². The van der Waals surface area contributed by atoms with Gasteiger partial charge in [0, 0.05) is 13.3 Å². The lowest BCUT2D eigenvalue weighted by molar-refractivity contribution is 0.0111. The largest absolute Gasteiger partial charge is 0.478 e. The number of carboxylic acids is 1. The summed E-state index contributed by atoms with van der Waals surface area (Å²) in [6.07, 6.45) is 2.82. The lowest BCUT2D eigenvalue weighted by atomic mass is 10.1. The van der Waals surface area contributed by atoms with Crippen LogP contribution in [0.3, 0.4) is 0 Å². The van der Waals surface area contributed by atoms with Gasteiger partial charge in [-0.15, -0.1) is 0 Å². The van der Waals surface area contributed by atoms with Gasteiger partial charge in [-0.05, 0) is 20.3 Å². The third-order valence-electron chi connectivity index (χ3n) is 2.63. The fourth-order valence-electron chi connectivity index (χ4n) is 1.40. The first kappa shape index (κ1) is 13.6. The molecule has 0 aliphatic rings. The number of aromatic nitrogens is 2. The van der Waals surface area contributed by atoms with Crippen LogP contribution in [0.25, 0.3) is 0 Å². The molecule has 1 N–H and O–H groups in total. The number of methoxy groups -OCH3 is 1. The van der Waals surface area contributed by atoms with E-state index in [9.17, 15) is 4.79 Å². The third-order valence-corrected chi connectivity index (χ3v) is 2.63. The minimum Gasteiger partial charge on any atom is -0.478 e. The number of aryl methyl sites for hydroxylation is 1. The van der Waals surface area contributed by atoms with Crippen molar-refractivity contribution >= 4 is 5.97 Å². The van der Waals surface area contributed by atoms with Crippen LogP contribution in [0.2, 0.25) is 0 Å². The lowest BCUT2D eigenvalue weighted by Crippen LogP contribution is -2.24. The minimum absolute atomic E-state index is 0.169. The quantitative estimate of drug-likeness (QED) is 0.849. The van der Waals surface area contributed by atoms with E-state index in [4.69, 9.17) is 9.84 Å². The Morgan fingerprint density at radius 2 is 2.18 bits per heavy atom. The van der Waals surface area contributed by atoms with Crippen molar-refractivity contribution in [2.75, 3.05) is 7.11 Å². The van der Waals surface area contributed by atoms with Gasteiger partial charge in [-0.3, -0.25) is 0 Å². The van der Waals surface area contributed by atoms with E-state index in [2.05, 4.69) is 9.97 Å². The number of hydrogen-bond donors (Lipinski definition) is 1. The normalized spacial score (nSPS) is 11.5. The Bertz CT molecular complexity index is 416. The van der Waals surface area contributed by atoms with Crippen molar-refractivity contribution < 1.29 is 14.6 Å². The van der Waals surface area contributed by atoms with E-state index in [1.807, 2.05) is 20.8 Å². The molecule has 0 spiro atoms. The van der Waals surface area contributed by atoms with Gasteiger partial charge >= 0.3 is 5.97 Å². The minimum atomic E-state index is -0.991. The number of carbonyl (C=O) groups is 1. The van der Waals surface area contributed by atoms with Gasteiger partial charge in [0.05, 0.1) is 11.3 Å². The van der Waals surface area contributed by atoms with Crippen LogP contribution in [0.5, 0.6) is 0 Å². The first-order valence-electron chi connectivity index (χ1n) is 5.57. The molecule has 0 radical (unpaired) electrons. The molecule has 0 aliphatic heterocycles. The monoisotopic (exact) mass is 238 g/mol. The molecule has 0 atom stereocenters. The highest BCUT2D eigenvalue weighted by atomic mass is 16.5. The molecule has 0 amide bonds. The van der Waals surface area contributed by atoms with E-state index in [1.54, 1.807) is 7.11 Å². The highest BCUT2D eigenvalue weighted by molar-refractivity contribution is 5.88. The molecule has 1 aromatic heterocycles. The predicted molar refractivity (Wildman–Crippen MR) is 63.0 cm³/mol. The molecule has 1 rings (SSSR count). The van der Waals surface area contributed by atoms with Gasteiger partial charge < -0.3 is 9.84 Å². The van der Waals surface area contributed by atoms with Crippen molar-refractivity contribution in [3.05, 3.63) is 23.3 Å². The zero-order valence-electron chi connectivity index (χ0n) is 10.6. The Morgan fingerprint density at radius 3 is 2.65 bits per heavy atom. The number of aromatic carboxylic acids is 1. The molecule has 0 fully saturated rings. The highest BCUT2D eigenvalue weighted by Crippen LogP contribution is 2.21. The van der Waals surface area contributed by atoms with E-state index >= 15 is 0 Å². The molecule has 5 heteroatoms. The number of carboxylic acid groups (broad SMARTS) is 1. The van der Waals surface area contributed by atoms with Crippen molar-refractivity contribution in [2.45, 2.75) is 39.2 Å². The van der Waals surface area contributed by atoms with Crippen LogP contribution in [0, 0.1) is 0 Å². The van der Waals surface area contributed by atoms with Crippen LogP contribution in [-0.2, 0) is 16.8 Å². The second kappa shape index (κ2) is 5.23. The summed E-state index contributed by atoms with van der Waals surface area (Å²) in [5.41, 5.74) is 0.122. The second-order valence-electron chi connectivity index (χ2n) is 4.32. The van der Waals surface area contributed by atoms with Crippen LogP contribution in [0.15, 0.2) is 6.20 Å². The third kappa shape index (κ3) is 3.00. The zero-order chi connectivity index (χ0) is 13.1. The maximum Gasteiger partial charge on any atom is 0.339 e. The SMILES string of the molecule is CCCc1nc(C(C)(C)OC)ncc1C(=O)O. The number of nitrogens with zero attached hydrogens (tertiary/aromatic N) is 2. The molecule has 94 valence electrons. The standard InChI is InChI=1S/C12H18N2O3/c1-5-6-9-8(10(15)16)7-13-11(14-9)12(2,3)17-4/h7H,5-6H2,1-4H3,(H,15,16). The summed E-state index contributed by atoms with van der Waals surface area (Å²) >= 11 is 0. The predicted octanol–water partition coefficient (Wildman–Crippen LogP) is 2.01. The summed E-state index contributed by atoms with van der Waals surface area (Å²) < 4.78 is 5.28. The zero-order valence-corrected chi connectivity index (χ0v) is 10.6. The molecule has 1 heterocycles. The lowest BCUT2D eigenvalue weighted by Gasteiger charge is -2.21. The Kier molecular flexibility index (Phi) is 4.17. The topological polar surface area (TPSA) is 72.3 Å². The summed E-state index contributed by atoms with van der Waals surface area (Å²) in [6, 6.07) is 0. The number of hydrogen-bond acceptors (Lipinski definition) is 4. The Labute approximate surface area is 101 Å². The number of ether oxygens (including phenoxy) is 1. The van der Waals surface area contributed by atoms with Crippen LogP contribution in [0.1, 0.15) is 49.1 Å². The van der Waals surface area contributed by atoms with Crippen molar-refractivity contribution in [3.63, 3.8) is 0 Å². The van der Waals surface area contributed by atoms with Crippen molar-refractivity contribution in [2.24, 2.45) is 0 Å². The van der Waals surface area contributed by atoms with Gasteiger partial charge in [0.25, 0.3) is 0 Å². The molecule has 0 bridgehead atoms. The molecule has 0 aromatic carbocycles. The van der Waals surface area contributed by atoms with Crippen LogP contribution < -0.4 is 0 Å². The summed E-state index contributed by atoms with van der Waals surface area (Å²) in [5.74, 6) is -0.483. The average Bonchev–Trinajstić information content (AvgIpc) is 2.29. The Hall–Kier alpha value is -1.49. The first-order valence-corrected chi connectivity index (χ1v) is 5.57. The van der Waals surface area contributed by atoms with Crippen LogP contribution in [0.4, 0.5) is 0 Å². The van der Waals surface area contributed by atoms with Gasteiger partial charge in [0.2, 0.25) is 0 Å². The Morgan fingerprint density at radius 1 is 1.53 bits per heavy atom. The van der Waals surface area contributed by atoms with Gasteiger partial charge in [-0.25, -0.2) is 14.8 Å². The Balaban J connectivity index is 3.23. The number of rotatable bonds is 5. The summed E-state index contributed by atoms with van der Waals surface area (Å²) in [5, 5.41) is 9.03. The summed E-state index contributed by atoms with van der Waals surface area (Å²) in [6.45, 7) is 5.67. The van der Waals surface area contributed by atoms with Gasteiger partial charge in [-0.1, -0.05) is 13.3 Å². The smallest absolute Gasteiger partial charge is 0.339 e. The maximum atomic E-state index is 11.0. The summed E-state index contributed by atoms with van der Waals surface area (Å²) in [7, 11) is 1.58. The highest BCUT2D eigenvalue weighted by Gasteiger charge is 2.25. The van der Waals surface area contributed by atoms with E-state index in [0.29, 0.717) is 17.9 Å². The maximum absolute atomic E-state index is 11.0. The first-order chi connectivity index (χ1) is 7.92. The van der Waals surface area contributed by atoms with Gasteiger partial charge in [0.1, 0.15) is 5.60 Å². The second-order valence-corrected chi connectivity index (χ2v) is 4.32. The summed E-state index contributed by atoms with van der Waals surface area (Å²) in [4.78, 5) is 19.4. The molecule has 0 unspecified atom stereocenters. The van der Waals surface area contributed by atoms with Gasteiger partial charge in [0.15, 0.2) is 5.82 Å². The van der Waals surface area contributed by atoms with Crippen LogP contribution >= 0.6 is 0 Å². The van der Waals surface area contributed by atoms with Crippen LogP contribution in [-0.4, -0.2) is 28.2 Å². The average molecular weight is 238 g/mol.